The average molecular weight is 378 g/mol. The van der Waals surface area contributed by atoms with E-state index in [1.165, 1.54) is 5.56 Å². The van der Waals surface area contributed by atoms with Crippen LogP contribution in [-0.4, -0.2) is 41.1 Å². The highest BCUT2D eigenvalue weighted by molar-refractivity contribution is 6.58. The summed E-state index contributed by atoms with van der Waals surface area (Å²) >= 11 is 0. The molecule has 5 nitrogen and oxygen atoms in total. The number of nitrogens with zero attached hydrogens (tertiary/aromatic N) is 1. The molecule has 1 saturated heterocycles. The second-order valence-corrected chi connectivity index (χ2v) is 8.06. The number of hydrogen-bond acceptors (Lipinski definition) is 4. The van der Waals surface area contributed by atoms with E-state index in [0.29, 0.717) is 24.3 Å². The average Bonchev–Trinajstić information content (AvgIpc) is 3.16. The number of benzene rings is 2. The van der Waals surface area contributed by atoms with Gasteiger partial charge in [-0.15, -0.1) is 0 Å². The molecular weight excluding hydrogens is 351 g/mol. The minimum Gasteiger partial charge on any atom is -0.423 e. The number of rotatable bonds is 4. The molecule has 1 amide bonds. The Morgan fingerprint density at radius 1 is 1.07 bits per heavy atom. The van der Waals surface area contributed by atoms with Crippen LogP contribution in [0.25, 0.3) is 0 Å². The second-order valence-electron chi connectivity index (χ2n) is 8.06. The molecule has 2 aromatic carbocycles. The summed E-state index contributed by atoms with van der Waals surface area (Å²) in [6.07, 6.45) is 3.40. The summed E-state index contributed by atoms with van der Waals surface area (Å²) in [5, 5.41) is 18.7. The van der Waals surface area contributed by atoms with Gasteiger partial charge in [0, 0.05) is 25.6 Å². The first-order valence-corrected chi connectivity index (χ1v) is 10.1. The van der Waals surface area contributed by atoms with Gasteiger partial charge in [-0.3, -0.25) is 4.79 Å². The zero-order valence-corrected chi connectivity index (χ0v) is 16.1. The Morgan fingerprint density at radius 2 is 1.82 bits per heavy atom. The summed E-state index contributed by atoms with van der Waals surface area (Å²) < 4.78 is 0. The summed E-state index contributed by atoms with van der Waals surface area (Å²) in [5.41, 5.74) is 11.0. The first-order chi connectivity index (χ1) is 13.5. The van der Waals surface area contributed by atoms with Gasteiger partial charge >= 0.3 is 7.12 Å². The number of carbonyl (C=O) groups is 1. The normalized spacial score (nSPS) is 19.5. The molecule has 1 aliphatic heterocycles. The van der Waals surface area contributed by atoms with Crippen LogP contribution in [0.1, 0.15) is 41.0 Å². The molecule has 0 radical (unpaired) electrons. The SMILES string of the molecule is NCc1cccc(C2CCN(C(=O)C3Cc4ccc(B(O)O)cc4C3)CC2)c1. The van der Waals surface area contributed by atoms with Crippen molar-refractivity contribution in [2.75, 3.05) is 13.1 Å². The molecule has 1 fully saturated rings. The highest BCUT2D eigenvalue weighted by Crippen LogP contribution is 2.32. The van der Waals surface area contributed by atoms with Gasteiger partial charge < -0.3 is 20.7 Å². The van der Waals surface area contributed by atoms with Crippen molar-refractivity contribution in [1.29, 1.82) is 0 Å². The van der Waals surface area contributed by atoms with Crippen molar-refractivity contribution in [2.45, 2.75) is 38.1 Å². The lowest BCUT2D eigenvalue weighted by atomic mass is 9.79. The molecule has 0 aromatic heterocycles. The number of hydrogen-bond donors (Lipinski definition) is 3. The third-order valence-electron chi connectivity index (χ3n) is 6.28. The van der Waals surface area contributed by atoms with E-state index in [-0.39, 0.29) is 11.8 Å². The molecule has 0 saturated carbocycles. The third kappa shape index (κ3) is 3.85. The maximum Gasteiger partial charge on any atom is 0.488 e. The van der Waals surface area contributed by atoms with Crippen LogP contribution in [-0.2, 0) is 24.2 Å². The summed E-state index contributed by atoms with van der Waals surface area (Å²) in [5.74, 6) is 0.694. The van der Waals surface area contributed by atoms with E-state index in [0.717, 1.165) is 49.0 Å². The molecule has 4 N–H and O–H groups in total. The molecular formula is C22H27BN2O3. The summed E-state index contributed by atoms with van der Waals surface area (Å²) in [4.78, 5) is 15.1. The Morgan fingerprint density at radius 3 is 2.54 bits per heavy atom. The molecule has 146 valence electrons. The summed E-state index contributed by atoms with van der Waals surface area (Å²) in [6.45, 7) is 2.15. The van der Waals surface area contributed by atoms with E-state index in [9.17, 15) is 14.8 Å². The topological polar surface area (TPSA) is 86.8 Å². The standard InChI is InChI=1S/C22H27BN2O3/c24-14-15-2-1-3-17(10-15)16-6-8-25(9-7-16)22(26)20-11-18-4-5-21(23(27)28)13-19(18)12-20/h1-5,10,13,16,20,27-28H,6-9,11-12,14,24H2. The monoisotopic (exact) mass is 378 g/mol. The Labute approximate surface area is 166 Å². The van der Waals surface area contributed by atoms with Crippen LogP contribution in [0, 0.1) is 5.92 Å². The number of fused-ring (bicyclic) bond motifs is 1. The van der Waals surface area contributed by atoms with Crippen LogP contribution in [0.15, 0.2) is 42.5 Å². The van der Waals surface area contributed by atoms with Gasteiger partial charge in [-0.25, -0.2) is 0 Å². The van der Waals surface area contributed by atoms with Crippen LogP contribution in [0.3, 0.4) is 0 Å². The molecule has 0 spiro atoms. The fourth-order valence-corrected chi connectivity index (χ4v) is 4.64. The van der Waals surface area contributed by atoms with Gasteiger partial charge in [-0.1, -0.05) is 42.5 Å². The molecule has 6 heteroatoms. The largest absolute Gasteiger partial charge is 0.488 e. The molecule has 1 unspecified atom stereocenters. The van der Waals surface area contributed by atoms with Gasteiger partial charge in [-0.05, 0) is 59.3 Å². The van der Waals surface area contributed by atoms with E-state index in [4.69, 9.17) is 5.73 Å². The molecule has 4 rings (SSSR count). The van der Waals surface area contributed by atoms with Crippen molar-refractivity contribution in [3.63, 3.8) is 0 Å². The van der Waals surface area contributed by atoms with Gasteiger partial charge in [0.2, 0.25) is 5.91 Å². The van der Waals surface area contributed by atoms with Gasteiger partial charge in [0.1, 0.15) is 0 Å². The minimum atomic E-state index is -1.46. The van der Waals surface area contributed by atoms with E-state index in [2.05, 4.69) is 24.3 Å². The maximum absolute atomic E-state index is 13.0. The number of nitrogens with two attached hydrogens (primary N) is 1. The lowest BCUT2D eigenvalue weighted by Gasteiger charge is -2.34. The third-order valence-corrected chi connectivity index (χ3v) is 6.28. The Bertz CT molecular complexity index is 863. The Hall–Kier alpha value is -2.15. The molecule has 0 bridgehead atoms. The summed E-state index contributed by atoms with van der Waals surface area (Å²) in [6, 6.07) is 14.0. The zero-order chi connectivity index (χ0) is 19.7. The van der Waals surface area contributed by atoms with Crippen molar-refractivity contribution in [3.05, 3.63) is 64.7 Å². The summed E-state index contributed by atoms with van der Waals surface area (Å²) in [7, 11) is -1.46. The fourth-order valence-electron chi connectivity index (χ4n) is 4.64. The van der Waals surface area contributed by atoms with Gasteiger partial charge in [0.15, 0.2) is 0 Å². The fraction of sp³-hybridized carbons (Fsp3) is 0.409. The molecule has 2 aliphatic rings. The van der Waals surface area contributed by atoms with Gasteiger partial charge in [-0.2, -0.15) is 0 Å². The quantitative estimate of drug-likeness (QED) is 0.692. The molecule has 1 aliphatic carbocycles. The molecule has 28 heavy (non-hydrogen) atoms. The van der Waals surface area contributed by atoms with Gasteiger partial charge in [0.25, 0.3) is 0 Å². The number of carbonyl (C=O) groups excluding carboxylic acids is 1. The second kappa shape index (κ2) is 8.07. The van der Waals surface area contributed by atoms with Crippen molar-refractivity contribution in [3.8, 4) is 0 Å². The Kier molecular flexibility index (Phi) is 5.53. The van der Waals surface area contributed by atoms with Crippen LogP contribution in [0.5, 0.6) is 0 Å². The molecule has 1 atom stereocenters. The lowest BCUT2D eigenvalue weighted by molar-refractivity contribution is -0.136. The lowest BCUT2D eigenvalue weighted by Crippen LogP contribution is -2.41. The predicted octanol–water partition coefficient (Wildman–Crippen LogP) is 0.946. The smallest absolute Gasteiger partial charge is 0.423 e. The Balaban J connectivity index is 1.37. The van der Waals surface area contributed by atoms with Crippen LogP contribution in [0.4, 0.5) is 0 Å². The van der Waals surface area contributed by atoms with E-state index < -0.39 is 7.12 Å². The number of likely N-dealkylation sites (tertiary alicyclic amines) is 1. The van der Waals surface area contributed by atoms with Crippen LogP contribution >= 0.6 is 0 Å². The van der Waals surface area contributed by atoms with Crippen molar-refractivity contribution >= 4 is 18.5 Å². The highest BCUT2D eigenvalue weighted by atomic mass is 16.4. The highest BCUT2D eigenvalue weighted by Gasteiger charge is 2.33. The maximum atomic E-state index is 13.0. The zero-order valence-electron chi connectivity index (χ0n) is 16.1. The van der Waals surface area contributed by atoms with Crippen LogP contribution < -0.4 is 11.2 Å². The van der Waals surface area contributed by atoms with E-state index in [1.807, 2.05) is 17.0 Å². The van der Waals surface area contributed by atoms with Crippen molar-refractivity contribution < 1.29 is 14.8 Å². The first kappa shape index (κ1) is 19.2. The van der Waals surface area contributed by atoms with Crippen molar-refractivity contribution in [2.24, 2.45) is 11.7 Å². The van der Waals surface area contributed by atoms with E-state index in [1.54, 1.807) is 6.07 Å². The minimum absolute atomic E-state index is 0.0294. The van der Waals surface area contributed by atoms with Crippen molar-refractivity contribution in [1.82, 2.24) is 4.90 Å². The van der Waals surface area contributed by atoms with Gasteiger partial charge in [0.05, 0.1) is 0 Å². The number of amides is 1. The van der Waals surface area contributed by atoms with Crippen LogP contribution in [0.2, 0.25) is 0 Å². The molecule has 2 aromatic rings. The van der Waals surface area contributed by atoms with E-state index >= 15 is 0 Å². The number of piperidine rings is 1. The molecule has 1 heterocycles. The first-order valence-electron chi connectivity index (χ1n) is 10.1. The predicted molar refractivity (Wildman–Crippen MR) is 110 cm³/mol.